The van der Waals surface area contributed by atoms with Crippen LogP contribution in [0.1, 0.15) is 31.9 Å². The molecule has 4 nitrogen and oxygen atoms in total. The van der Waals surface area contributed by atoms with Gasteiger partial charge in [-0.2, -0.15) is 0 Å². The zero-order valence-electron chi connectivity index (χ0n) is 11.6. The second-order valence-corrected chi connectivity index (χ2v) is 5.31. The van der Waals surface area contributed by atoms with Crippen LogP contribution in [0.5, 0.6) is 0 Å². The Balaban J connectivity index is 2.43. The van der Waals surface area contributed by atoms with Crippen molar-refractivity contribution in [2.24, 2.45) is 5.73 Å². The van der Waals surface area contributed by atoms with E-state index < -0.39 is 11.7 Å². The number of alkyl carbamates (subject to hydrolysis) is 1. The van der Waals surface area contributed by atoms with E-state index in [2.05, 4.69) is 5.32 Å². The maximum Gasteiger partial charge on any atom is 0.407 e. The van der Waals surface area contributed by atoms with Crippen molar-refractivity contribution in [2.75, 3.05) is 6.54 Å². The van der Waals surface area contributed by atoms with Crippen molar-refractivity contribution >= 4 is 6.09 Å². The summed E-state index contributed by atoms with van der Waals surface area (Å²) in [6.07, 6.45) is -0.0814. The van der Waals surface area contributed by atoms with Gasteiger partial charge >= 0.3 is 6.09 Å². The van der Waals surface area contributed by atoms with E-state index in [0.29, 0.717) is 25.1 Å². The van der Waals surface area contributed by atoms with E-state index in [1.807, 2.05) is 0 Å². The number of hydrogen-bond donors (Lipinski definition) is 2. The number of carbonyl (C=O) groups is 1. The van der Waals surface area contributed by atoms with Crippen LogP contribution in [0.2, 0.25) is 0 Å². The van der Waals surface area contributed by atoms with Gasteiger partial charge in [-0.05, 0) is 44.4 Å². The molecule has 0 atom stereocenters. The minimum absolute atomic E-state index is 0.297. The summed E-state index contributed by atoms with van der Waals surface area (Å²) in [5.74, 6) is -0.297. The molecule has 106 valence electrons. The van der Waals surface area contributed by atoms with E-state index >= 15 is 0 Å². The molecule has 1 rings (SSSR count). The van der Waals surface area contributed by atoms with Gasteiger partial charge in [-0.15, -0.1) is 0 Å². The molecule has 0 bridgehead atoms. The predicted molar refractivity (Wildman–Crippen MR) is 72.2 cm³/mol. The Kier molecular flexibility index (Phi) is 5.30. The summed E-state index contributed by atoms with van der Waals surface area (Å²) >= 11 is 0. The molecule has 1 aromatic rings. The van der Waals surface area contributed by atoms with Gasteiger partial charge in [-0.25, -0.2) is 9.18 Å². The first-order chi connectivity index (χ1) is 8.81. The minimum atomic E-state index is -0.530. The molecule has 3 N–H and O–H groups in total. The van der Waals surface area contributed by atoms with Crippen LogP contribution in [0.3, 0.4) is 0 Å². The zero-order chi connectivity index (χ0) is 14.5. The largest absolute Gasteiger partial charge is 0.444 e. The number of nitrogens with two attached hydrogens (primary N) is 1. The summed E-state index contributed by atoms with van der Waals surface area (Å²) in [5, 5.41) is 2.59. The fourth-order valence-electron chi connectivity index (χ4n) is 1.53. The van der Waals surface area contributed by atoms with E-state index in [9.17, 15) is 9.18 Å². The van der Waals surface area contributed by atoms with Crippen LogP contribution in [0.15, 0.2) is 18.2 Å². The Hall–Kier alpha value is -1.62. The summed E-state index contributed by atoms with van der Waals surface area (Å²) in [6, 6.07) is 4.89. The second kappa shape index (κ2) is 6.52. The third kappa shape index (κ3) is 5.70. The lowest BCUT2D eigenvalue weighted by Gasteiger charge is -2.19. The number of hydrogen-bond acceptors (Lipinski definition) is 3. The molecule has 0 fully saturated rings. The SMILES string of the molecule is CC(C)(C)OC(=O)NCCc1ccc(CN)cc1F. The number of rotatable bonds is 4. The maximum absolute atomic E-state index is 13.6. The van der Waals surface area contributed by atoms with Crippen LogP contribution >= 0.6 is 0 Å². The van der Waals surface area contributed by atoms with Crippen molar-refractivity contribution in [2.45, 2.75) is 39.3 Å². The first-order valence-corrected chi connectivity index (χ1v) is 6.26. The van der Waals surface area contributed by atoms with E-state index in [0.717, 1.165) is 5.56 Å². The van der Waals surface area contributed by atoms with Crippen molar-refractivity contribution in [3.8, 4) is 0 Å². The van der Waals surface area contributed by atoms with Crippen molar-refractivity contribution in [3.63, 3.8) is 0 Å². The molecular formula is C14H21FN2O2. The van der Waals surface area contributed by atoms with Gasteiger partial charge in [0.15, 0.2) is 0 Å². The predicted octanol–water partition coefficient (Wildman–Crippen LogP) is 2.35. The number of carbonyl (C=O) groups excluding carboxylic acids is 1. The van der Waals surface area contributed by atoms with Crippen LogP contribution in [0.4, 0.5) is 9.18 Å². The molecule has 0 aliphatic rings. The van der Waals surface area contributed by atoms with E-state index in [-0.39, 0.29) is 5.82 Å². The standard InChI is InChI=1S/C14H21FN2O2/c1-14(2,3)19-13(18)17-7-6-11-5-4-10(9-16)8-12(11)15/h4-5,8H,6-7,9,16H2,1-3H3,(H,17,18). The van der Waals surface area contributed by atoms with Crippen molar-refractivity contribution < 1.29 is 13.9 Å². The molecule has 5 heteroatoms. The smallest absolute Gasteiger partial charge is 0.407 e. The van der Waals surface area contributed by atoms with Crippen molar-refractivity contribution in [1.82, 2.24) is 5.32 Å². The van der Waals surface area contributed by atoms with E-state index in [1.165, 1.54) is 6.07 Å². The topological polar surface area (TPSA) is 64.3 Å². The zero-order valence-corrected chi connectivity index (χ0v) is 11.6. The number of benzene rings is 1. The molecule has 19 heavy (non-hydrogen) atoms. The van der Waals surface area contributed by atoms with Gasteiger partial charge in [0.1, 0.15) is 11.4 Å². The first-order valence-electron chi connectivity index (χ1n) is 6.26. The highest BCUT2D eigenvalue weighted by Crippen LogP contribution is 2.11. The molecule has 1 aromatic carbocycles. The summed E-state index contributed by atoms with van der Waals surface area (Å²) in [6.45, 7) is 6.01. The molecule has 0 saturated carbocycles. The molecular weight excluding hydrogens is 247 g/mol. The molecule has 0 aliphatic heterocycles. The van der Waals surface area contributed by atoms with Gasteiger partial charge in [0.25, 0.3) is 0 Å². The summed E-state index contributed by atoms with van der Waals surface area (Å²) in [5.41, 5.74) is 6.20. The maximum atomic E-state index is 13.6. The van der Waals surface area contributed by atoms with E-state index in [4.69, 9.17) is 10.5 Å². The average Bonchev–Trinajstić information content (AvgIpc) is 2.28. The minimum Gasteiger partial charge on any atom is -0.444 e. The second-order valence-electron chi connectivity index (χ2n) is 5.31. The quantitative estimate of drug-likeness (QED) is 0.881. The van der Waals surface area contributed by atoms with Gasteiger partial charge in [0, 0.05) is 13.1 Å². The van der Waals surface area contributed by atoms with Crippen LogP contribution in [-0.2, 0) is 17.7 Å². The summed E-state index contributed by atoms with van der Waals surface area (Å²) in [7, 11) is 0. The average molecular weight is 268 g/mol. The van der Waals surface area contributed by atoms with Crippen LogP contribution in [-0.4, -0.2) is 18.2 Å². The lowest BCUT2D eigenvalue weighted by molar-refractivity contribution is 0.0528. The summed E-state index contributed by atoms with van der Waals surface area (Å²) in [4.78, 5) is 11.4. The molecule has 0 unspecified atom stereocenters. The molecule has 0 spiro atoms. The Bertz CT molecular complexity index is 442. The number of nitrogens with one attached hydrogen (secondary N) is 1. The lowest BCUT2D eigenvalue weighted by atomic mass is 10.1. The highest BCUT2D eigenvalue weighted by Gasteiger charge is 2.15. The number of halogens is 1. The molecule has 1 amide bonds. The highest BCUT2D eigenvalue weighted by atomic mass is 19.1. The molecule has 0 heterocycles. The molecule has 0 aromatic heterocycles. The lowest BCUT2D eigenvalue weighted by Crippen LogP contribution is -2.33. The van der Waals surface area contributed by atoms with Gasteiger partial charge in [-0.3, -0.25) is 0 Å². The van der Waals surface area contributed by atoms with Gasteiger partial charge in [0.05, 0.1) is 0 Å². The summed E-state index contributed by atoms with van der Waals surface area (Å²) < 4.78 is 18.7. The fourth-order valence-corrected chi connectivity index (χ4v) is 1.53. The monoisotopic (exact) mass is 268 g/mol. The normalized spacial score (nSPS) is 11.2. The highest BCUT2D eigenvalue weighted by molar-refractivity contribution is 5.67. The molecule has 0 saturated heterocycles. The third-order valence-corrected chi connectivity index (χ3v) is 2.42. The Morgan fingerprint density at radius 3 is 2.63 bits per heavy atom. The fraction of sp³-hybridized carbons (Fsp3) is 0.500. The van der Waals surface area contributed by atoms with Crippen LogP contribution in [0.25, 0.3) is 0 Å². The van der Waals surface area contributed by atoms with Crippen molar-refractivity contribution in [3.05, 3.63) is 35.1 Å². The van der Waals surface area contributed by atoms with E-state index in [1.54, 1.807) is 32.9 Å². The Labute approximate surface area is 113 Å². The Morgan fingerprint density at radius 2 is 2.11 bits per heavy atom. The molecule has 0 aliphatic carbocycles. The van der Waals surface area contributed by atoms with Gasteiger partial charge in [0.2, 0.25) is 0 Å². The number of ether oxygens (including phenoxy) is 1. The first kappa shape index (κ1) is 15.4. The van der Waals surface area contributed by atoms with Crippen LogP contribution < -0.4 is 11.1 Å². The number of amides is 1. The van der Waals surface area contributed by atoms with Crippen LogP contribution in [0, 0.1) is 5.82 Å². The Morgan fingerprint density at radius 1 is 1.42 bits per heavy atom. The molecule has 0 radical (unpaired) electrons. The van der Waals surface area contributed by atoms with Gasteiger partial charge in [-0.1, -0.05) is 12.1 Å². The van der Waals surface area contributed by atoms with Gasteiger partial charge < -0.3 is 15.8 Å². The van der Waals surface area contributed by atoms with Crippen molar-refractivity contribution in [1.29, 1.82) is 0 Å². The third-order valence-electron chi connectivity index (χ3n) is 2.42.